The van der Waals surface area contributed by atoms with E-state index in [1.165, 1.54) is 0 Å². The van der Waals surface area contributed by atoms with Gasteiger partial charge in [0.2, 0.25) is 0 Å². The van der Waals surface area contributed by atoms with Gasteiger partial charge >= 0.3 is 0 Å². The van der Waals surface area contributed by atoms with Crippen molar-refractivity contribution < 1.29 is 9.47 Å². The summed E-state index contributed by atoms with van der Waals surface area (Å²) >= 11 is 0. The third kappa shape index (κ3) is 4.96. The first-order valence-corrected chi connectivity index (χ1v) is 10.0. The van der Waals surface area contributed by atoms with Crippen molar-refractivity contribution in [3.05, 3.63) is 53.9 Å². The van der Waals surface area contributed by atoms with Gasteiger partial charge in [-0.05, 0) is 30.3 Å². The molecule has 1 aromatic carbocycles. The Balaban J connectivity index is 1.23. The molecule has 3 heterocycles. The largest absolute Gasteiger partial charge is 0.491 e. The summed E-state index contributed by atoms with van der Waals surface area (Å²) in [5.41, 5.74) is 0.873. The average Bonchev–Trinajstić information content (AvgIpc) is 3.25. The summed E-state index contributed by atoms with van der Waals surface area (Å²) in [5.74, 6) is 0.538. The van der Waals surface area contributed by atoms with E-state index in [9.17, 15) is 5.26 Å². The van der Waals surface area contributed by atoms with E-state index in [1.54, 1.807) is 18.2 Å². The van der Waals surface area contributed by atoms with Gasteiger partial charge in [0.1, 0.15) is 18.4 Å². The molecule has 7 nitrogen and oxygen atoms in total. The van der Waals surface area contributed by atoms with Crippen molar-refractivity contribution in [2.24, 2.45) is 0 Å². The minimum atomic E-state index is 0.233. The summed E-state index contributed by atoms with van der Waals surface area (Å²) in [6, 6.07) is 13.2. The molecule has 0 N–H and O–H groups in total. The van der Waals surface area contributed by atoms with Crippen LogP contribution in [0.25, 0.3) is 0 Å². The van der Waals surface area contributed by atoms with Gasteiger partial charge in [-0.15, -0.1) is 0 Å². The zero-order valence-electron chi connectivity index (χ0n) is 16.4. The molecule has 2 aliphatic heterocycles. The van der Waals surface area contributed by atoms with E-state index in [4.69, 9.17) is 14.7 Å². The van der Waals surface area contributed by atoms with Crippen LogP contribution in [0.1, 0.15) is 11.1 Å². The molecule has 29 heavy (non-hydrogen) atoms. The highest BCUT2D eigenvalue weighted by atomic mass is 16.5. The minimum absolute atomic E-state index is 0.233. The molecule has 2 fully saturated rings. The van der Waals surface area contributed by atoms with Crippen molar-refractivity contribution in [1.82, 2.24) is 14.4 Å². The molecule has 2 atom stereocenters. The second kappa shape index (κ2) is 9.11. The van der Waals surface area contributed by atoms with Crippen LogP contribution >= 0.6 is 0 Å². The standard InChI is InChI=1S/C22H25N5O2/c23-12-18-3-4-22(19(11-18)13-24)28-10-9-27-16-20-14-26(15-21(17-27)29-20)8-7-25-5-1-2-6-25/h1-6,11,20-21H,7-10,14-17H2. The Kier molecular flexibility index (Phi) is 6.12. The minimum Gasteiger partial charge on any atom is -0.491 e. The Bertz CT molecular complexity index is 885. The molecule has 150 valence electrons. The maximum atomic E-state index is 9.25. The fraction of sp³-hybridized carbons (Fsp3) is 0.455. The highest BCUT2D eigenvalue weighted by Crippen LogP contribution is 2.21. The van der Waals surface area contributed by atoms with E-state index in [1.807, 2.05) is 6.07 Å². The number of nitriles is 2. The molecule has 2 bridgehead atoms. The second-order valence-corrected chi connectivity index (χ2v) is 7.60. The van der Waals surface area contributed by atoms with Crippen LogP contribution in [0, 0.1) is 22.7 Å². The van der Waals surface area contributed by atoms with Crippen molar-refractivity contribution in [3.63, 3.8) is 0 Å². The summed E-state index contributed by atoms with van der Waals surface area (Å²) in [6.45, 7) is 7.09. The Morgan fingerprint density at radius 3 is 2.28 bits per heavy atom. The van der Waals surface area contributed by atoms with Gasteiger partial charge in [0.15, 0.2) is 0 Å². The lowest BCUT2D eigenvalue weighted by molar-refractivity contribution is -0.139. The van der Waals surface area contributed by atoms with Gasteiger partial charge in [0, 0.05) is 58.2 Å². The molecule has 2 saturated heterocycles. The van der Waals surface area contributed by atoms with Crippen molar-refractivity contribution in [1.29, 1.82) is 10.5 Å². The first-order valence-electron chi connectivity index (χ1n) is 10.0. The fourth-order valence-electron chi connectivity index (χ4n) is 4.10. The molecule has 0 aliphatic carbocycles. The van der Waals surface area contributed by atoms with Crippen LogP contribution in [0.15, 0.2) is 42.7 Å². The van der Waals surface area contributed by atoms with Gasteiger partial charge in [0.05, 0.1) is 29.4 Å². The zero-order valence-corrected chi connectivity index (χ0v) is 16.4. The molecule has 4 rings (SSSR count). The molecular formula is C22H25N5O2. The number of benzene rings is 1. The molecule has 2 aromatic rings. The number of ether oxygens (including phenoxy) is 2. The molecule has 2 unspecified atom stereocenters. The third-order valence-electron chi connectivity index (χ3n) is 5.47. The van der Waals surface area contributed by atoms with Gasteiger partial charge in [-0.1, -0.05) is 0 Å². The van der Waals surface area contributed by atoms with Crippen LogP contribution in [0.3, 0.4) is 0 Å². The van der Waals surface area contributed by atoms with Crippen molar-refractivity contribution in [3.8, 4) is 17.9 Å². The van der Waals surface area contributed by atoms with Crippen molar-refractivity contribution in [2.45, 2.75) is 18.8 Å². The maximum Gasteiger partial charge on any atom is 0.137 e. The lowest BCUT2D eigenvalue weighted by atomic mass is 10.1. The van der Waals surface area contributed by atoms with Crippen LogP contribution in [0.4, 0.5) is 0 Å². The quantitative estimate of drug-likeness (QED) is 0.715. The summed E-state index contributed by atoms with van der Waals surface area (Å²) in [6.07, 6.45) is 4.68. The molecule has 0 saturated carbocycles. The molecule has 0 spiro atoms. The fourth-order valence-corrected chi connectivity index (χ4v) is 4.10. The van der Waals surface area contributed by atoms with Gasteiger partial charge < -0.3 is 14.0 Å². The topological polar surface area (TPSA) is 77.4 Å². The lowest BCUT2D eigenvalue weighted by Gasteiger charge is -2.45. The summed E-state index contributed by atoms with van der Waals surface area (Å²) in [7, 11) is 0. The molecule has 0 radical (unpaired) electrons. The second-order valence-electron chi connectivity index (χ2n) is 7.60. The summed E-state index contributed by atoms with van der Waals surface area (Å²) in [4.78, 5) is 4.89. The average molecular weight is 391 g/mol. The number of rotatable bonds is 7. The smallest absolute Gasteiger partial charge is 0.137 e. The normalized spacial score (nSPS) is 22.0. The number of hydrogen-bond donors (Lipinski definition) is 0. The third-order valence-corrected chi connectivity index (χ3v) is 5.47. The van der Waals surface area contributed by atoms with Crippen LogP contribution in [-0.2, 0) is 11.3 Å². The van der Waals surface area contributed by atoms with Crippen LogP contribution in [0.2, 0.25) is 0 Å². The highest BCUT2D eigenvalue weighted by molar-refractivity contribution is 5.48. The highest BCUT2D eigenvalue weighted by Gasteiger charge is 2.34. The first-order chi connectivity index (χ1) is 14.2. The van der Waals surface area contributed by atoms with Crippen LogP contribution in [-0.4, -0.2) is 72.5 Å². The SMILES string of the molecule is N#Cc1ccc(OCCN2CC3CN(CCn4cccc4)CC(C2)O3)c(C#N)c1. The van der Waals surface area contributed by atoms with E-state index in [2.05, 4.69) is 45.0 Å². The number of morpholine rings is 2. The number of hydrogen-bond acceptors (Lipinski definition) is 6. The van der Waals surface area contributed by atoms with E-state index in [0.29, 0.717) is 23.5 Å². The Morgan fingerprint density at radius 1 is 0.931 bits per heavy atom. The van der Waals surface area contributed by atoms with E-state index >= 15 is 0 Å². The maximum absolute atomic E-state index is 9.25. The number of aromatic nitrogens is 1. The van der Waals surface area contributed by atoms with Gasteiger partial charge in [0.25, 0.3) is 0 Å². The predicted octanol–water partition coefficient (Wildman–Crippen LogP) is 1.70. The summed E-state index contributed by atoms with van der Waals surface area (Å²) < 4.78 is 14.2. The van der Waals surface area contributed by atoms with Crippen LogP contribution in [0.5, 0.6) is 5.75 Å². The van der Waals surface area contributed by atoms with Crippen LogP contribution < -0.4 is 4.74 Å². The molecule has 1 aromatic heterocycles. The van der Waals surface area contributed by atoms with E-state index in [-0.39, 0.29) is 12.2 Å². The van der Waals surface area contributed by atoms with Gasteiger partial charge in [-0.2, -0.15) is 10.5 Å². The van der Waals surface area contributed by atoms with Crippen molar-refractivity contribution in [2.75, 3.05) is 45.9 Å². The van der Waals surface area contributed by atoms with E-state index < -0.39 is 0 Å². The van der Waals surface area contributed by atoms with Gasteiger partial charge in [-0.3, -0.25) is 9.80 Å². The molecule has 7 heteroatoms. The van der Waals surface area contributed by atoms with E-state index in [0.717, 1.165) is 45.8 Å². The van der Waals surface area contributed by atoms with Crippen molar-refractivity contribution >= 4 is 0 Å². The monoisotopic (exact) mass is 391 g/mol. The molecule has 2 aliphatic rings. The number of nitrogens with zero attached hydrogens (tertiary/aromatic N) is 5. The predicted molar refractivity (Wildman–Crippen MR) is 107 cm³/mol. The Morgan fingerprint density at radius 2 is 1.62 bits per heavy atom. The molecule has 0 amide bonds. The molecular weight excluding hydrogens is 366 g/mol. The lowest BCUT2D eigenvalue weighted by Crippen LogP contribution is -2.60. The Labute approximate surface area is 171 Å². The van der Waals surface area contributed by atoms with Gasteiger partial charge in [-0.25, -0.2) is 0 Å². The summed E-state index contributed by atoms with van der Waals surface area (Å²) in [5, 5.41) is 18.2. The number of fused-ring (bicyclic) bond motifs is 2. The first kappa shape index (κ1) is 19.5. The Hall–Kier alpha value is -2.84. The zero-order chi connectivity index (χ0) is 20.1.